The number of nitrogens with two attached hydrogens (primary N) is 1. The van der Waals surface area contributed by atoms with Crippen molar-refractivity contribution in [3.63, 3.8) is 0 Å². The number of anilines is 2. The summed E-state index contributed by atoms with van der Waals surface area (Å²) < 4.78 is 0. The zero-order valence-corrected chi connectivity index (χ0v) is 11.0. The lowest BCUT2D eigenvalue weighted by Crippen LogP contribution is -2.38. The lowest BCUT2D eigenvalue weighted by atomic mass is 10.2. The fourth-order valence-corrected chi connectivity index (χ4v) is 2.04. The number of aliphatic hydroxyl groups excluding tert-OH is 2. The van der Waals surface area contributed by atoms with Crippen LogP contribution in [0.3, 0.4) is 0 Å². The van der Waals surface area contributed by atoms with Gasteiger partial charge in [0.2, 0.25) is 0 Å². The second-order valence-corrected chi connectivity index (χ2v) is 3.89. The molecule has 1 fully saturated rings. The van der Waals surface area contributed by atoms with Gasteiger partial charge in [0.1, 0.15) is 0 Å². The second kappa shape index (κ2) is 6.91. The Hall–Kier alpha value is -0.680. The minimum Gasteiger partial charge on any atom is -0.399 e. The summed E-state index contributed by atoms with van der Waals surface area (Å²) in [6, 6.07) is 7.29. The summed E-state index contributed by atoms with van der Waals surface area (Å²) >= 11 is 0. The Kier molecular flexibility index (Phi) is 6.64. The molecule has 1 aliphatic heterocycles. The van der Waals surface area contributed by atoms with E-state index in [2.05, 4.69) is 0 Å². The molecule has 1 aromatic rings. The van der Waals surface area contributed by atoms with Gasteiger partial charge in [-0.15, -0.1) is 24.8 Å². The predicted octanol–water partition coefficient (Wildman–Crippen LogP) is 1.04. The second-order valence-electron chi connectivity index (χ2n) is 3.89. The van der Waals surface area contributed by atoms with Crippen molar-refractivity contribution >= 4 is 36.2 Å². The van der Waals surface area contributed by atoms with Gasteiger partial charge in [-0.3, -0.25) is 0 Å². The molecule has 0 spiro atoms. The largest absolute Gasteiger partial charge is 0.399 e. The summed E-state index contributed by atoms with van der Waals surface area (Å²) in [7, 11) is 0. The van der Waals surface area contributed by atoms with Crippen molar-refractivity contribution in [1.82, 2.24) is 0 Å². The SMILES string of the molecule is Cl.Cl.Nc1ccc(N2CCC(O)C2CO)cc1. The van der Waals surface area contributed by atoms with Crippen molar-refractivity contribution in [1.29, 1.82) is 0 Å². The highest BCUT2D eigenvalue weighted by Gasteiger charge is 2.32. The van der Waals surface area contributed by atoms with Crippen molar-refractivity contribution in [2.75, 3.05) is 23.8 Å². The number of hydrogen-bond donors (Lipinski definition) is 3. The first-order chi connectivity index (χ1) is 7.22. The fourth-order valence-electron chi connectivity index (χ4n) is 2.04. The van der Waals surface area contributed by atoms with Gasteiger partial charge in [-0.25, -0.2) is 0 Å². The molecule has 2 rings (SSSR count). The number of hydrogen-bond acceptors (Lipinski definition) is 4. The van der Waals surface area contributed by atoms with Crippen LogP contribution in [-0.4, -0.2) is 35.5 Å². The topological polar surface area (TPSA) is 69.7 Å². The lowest BCUT2D eigenvalue weighted by molar-refractivity contribution is 0.128. The third-order valence-electron chi connectivity index (χ3n) is 2.92. The van der Waals surface area contributed by atoms with Gasteiger partial charge in [0, 0.05) is 17.9 Å². The Morgan fingerprint density at radius 1 is 1.24 bits per heavy atom. The van der Waals surface area contributed by atoms with Crippen LogP contribution in [0.15, 0.2) is 24.3 Å². The Labute approximate surface area is 113 Å². The summed E-state index contributed by atoms with van der Waals surface area (Å²) in [5.41, 5.74) is 7.32. The summed E-state index contributed by atoms with van der Waals surface area (Å²) in [4.78, 5) is 2.02. The van der Waals surface area contributed by atoms with Crippen LogP contribution >= 0.6 is 24.8 Å². The molecule has 0 amide bonds. The van der Waals surface area contributed by atoms with Gasteiger partial charge in [-0.2, -0.15) is 0 Å². The lowest BCUT2D eigenvalue weighted by Gasteiger charge is -2.26. The van der Waals surface area contributed by atoms with E-state index >= 15 is 0 Å². The molecule has 98 valence electrons. The van der Waals surface area contributed by atoms with Gasteiger partial charge in [0.25, 0.3) is 0 Å². The van der Waals surface area contributed by atoms with E-state index in [9.17, 15) is 10.2 Å². The normalized spacial score (nSPS) is 22.8. The van der Waals surface area contributed by atoms with Crippen LogP contribution in [0, 0.1) is 0 Å². The van der Waals surface area contributed by atoms with E-state index in [1.165, 1.54) is 0 Å². The Morgan fingerprint density at radius 2 is 1.82 bits per heavy atom. The van der Waals surface area contributed by atoms with Gasteiger partial charge in [0.05, 0.1) is 18.8 Å². The first-order valence-electron chi connectivity index (χ1n) is 5.13. The van der Waals surface area contributed by atoms with E-state index in [1.807, 2.05) is 29.2 Å². The van der Waals surface area contributed by atoms with Crippen molar-refractivity contribution < 1.29 is 10.2 Å². The predicted molar refractivity (Wildman–Crippen MR) is 74.2 cm³/mol. The third kappa shape index (κ3) is 3.39. The Morgan fingerprint density at radius 3 is 2.35 bits per heavy atom. The number of rotatable bonds is 2. The van der Waals surface area contributed by atoms with E-state index < -0.39 is 6.10 Å². The summed E-state index contributed by atoms with van der Waals surface area (Å²) in [5.74, 6) is 0. The first-order valence-corrected chi connectivity index (χ1v) is 5.13. The molecule has 0 radical (unpaired) electrons. The molecule has 0 aliphatic carbocycles. The highest BCUT2D eigenvalue weighted by atomic mass is 35.5. The average molecular weight is 281 g/mol. The van der Waals surface area contributed by atoms with Gasteiger partial charge in [0.15, 0.2) is 0 Å². The van der Waals surface area contributed by atoms with Gasteiger partial charge in [-0.1, -0.05) is 0 Å². The number of benzene rings is 1. The maximum Gasteiger partial charge on any atom is 0.0782 e. The van der Waals surface area contributed by atoms with Gasteiger partial charge >= 0.3 is 0 Å². The molecule has 1 aliphatic rings. The minimum atomic E-state index is -0.437. The average Bonchev–Trinajstić information content (AvgIpc) is 2.61. The van der Waals surface area contributed by atoms with Gasteiger partial charge in [-0.05, 0) is 30.7 Å². The van der Waals surface area contributed by atoms with Gasteiger partial charge < -0.3 is 20.8 Å². The number of nitrogen functional groups attached to an aromatic ring is 1. The smallest absolute Gasteiger partial charge is 0.0782 e. The third-order valence-corrected chi connectivity index (χ3v) is 2.92. The van der Waals surface area contributed by atoms with E-state index in [4.69, 9.17) is 5.73 Å². The van der Waals surface area contributed by atoms with E-state index in [0.717, 1.165) is 17.9 Å². The van der Waals surface area contributed by atoms with Crippen LogP contribution in [0.25, 0.3) is 0 Å². The van der Waals surface area contributed by atoms with Crippen LogP contribution in [0.4, 0.5) is 11.4 Å². The van der Waals surface area contributed by atoms with Crippen LogP contribution in [0.1, 0.15) is 6.42 Å². The van der Waals surface area contributed by atoms with Crippen LogP contribution in [0.5, 0.6) is 0 Å². The van der Waals surface area contributed by atoms with E-state index in [1.54, 1.807) is 0 Å². The quantitative estimate of drug-likeness (QED) is 0.709. The first kappa shape index (κ1) is 16.3. The molecule has 4 nitrogen and oxygen atoms in total. The highest BCUT2D eigenvalue weighted by molar-refractivity contribution is 5.85. The minimum absolute atomic E-state index is 0. The standard InChI is InChI=1S/C11H16N2O2.2ClH/c12-8-1-3-9(4-2-8)13-6-5-11(15)10(13)7-14;;/h1-4,10-11,14-15H,5-7,12H2;2*1H. The Bertz CT molecular complexity index is 335. The molecule has 1 heterocycles. The summed E-state index contributed by atoms with van der Waals surface area (Å²) in [5, 5.41) is 18.8. The molecule has 6 heteroatoms. The molecule has 1 saturated heterocycles. The molecule has 4 N–H and O–H groups in total. The maximum absolute atomic E-state index is 9.65. The molecule has 1 aromatic carbocycles. The van der Waals surface area contributed by atoms with Crippen molar-refractivity contribution in [3.8, 4) is 0 Å². The summed E-state index contributed by atoms with van der Waals surface area (Å²) in [6.07, 6.45) is 0.267. The fraction of sp³-hybridized carbons (Fsp3) is 0.455. The van der Waals surface area contributed by atoms with Crippen molar-refractivity contribution in [2.24, 2.45) is 0 Å². The van der Waals surface area contributed by atoms with Crippen molar-refractivity contribution in [2.45, 2.75) is 18.6 Å². The highest BCUT2D eigenvalue weighted by Crippen LogP contribution is 2.26. The monoisotopic (exact) mass is 280 g/mol. The zero-order chi connectivity index (χ0) is 10.8. The maximum atomic E-state index is 9.65. The van der Waals surface area contributed by atoms with Crippen LogP contribution in [-0.2, 0) is 0 Å². The molecule has 0 aromatic heterocycles. The molecule has 2 unspecified atom stereocenters. The number of aliphatic hydroxyl groups is 2. The Balaban J connectivity index is 0.00000128. The molecule has 2 atom stereocenters. The van der Waals surface area contributed by atoms with E-state index in [0.29, 0.717) is 6.42 Å². The van der Waals surface area contributed by atoms with Crippen molar-refractivity contribution in [3.05, 3.63) is 24.3 Å². The number of halogens is 2. The number of nitrogens with zero attached hydrogens (tertiary/aromatic N) is 1. The van der Waals surface area contributed by atoms with Crippen LogP contribution in [0.2, 0.25) is 0 Å². The molecule has 0 saturated carbocycles. The molecular weight excluding hydrogens is 263 g/mol. The molecule has 0 bridgehead atoms. The molecule has 17 heavy (non-hydrogen) atoms. The van der Waals surface area contributed by atoms with Crippen LogP contribution < -0.4 is 10.6 Å². The molecular formula is C11H18Cl2N2O2. The zero-order valence-electron chi connectivity index (χ0n) is 9.32. The summed E-state index contributed by atoms with van der Waals surface area (Å²) in [6.45, 7) is 0.752. The van der Waals surface area contributed by atoms with E-state index in [-0.39, 0.29) is 37.5 Å².